The molecular formula is C24H27F3N2O4. The van der Waals surface area contributed by atoms with E-state index >= 15 is 0 Å². The molecule has 1 saturated heterocycles. The number of phenols is 1. The second-order valence-electron chi connectivity index (χ2n) is 9.09. The molecule has 1 aliphatic rings. The van der Waals surface area contributed by atoms with Gasteiger partial charge in [0.1, 0.15) is 11.6 Å². The van der Waals surface area contributed by atoms with Gasteiger partial charge in [0, 0.05) is 23.1 Å². The number of hydrogen-bond acceptors (Lipinski definition) is 4. The highest BCUT2D eigenvalue weighted by Crippen LogP contribution is 2.43. The molecule has 3 rings (SSSR count). The Morgan fingerprint density at radius 2 is 1.82 bits per heavy atom. The Morgan fingerprint density at radius 1 is 1.15 bits per heavy atom. The number of halogens is 3. The van der Waals surface area contributed by atoms with Crippen LogP contribution in [0.1, 0.15) is 35.3 Å². The standard InChI is InChI=1S/C24H27F3N2O4/c1-14-17(8-5-9-19(14)30)21(32)28-18(11-15-6-4-7-16(25)10-15)20(31)22(33)29-12-23(2,3)24(26,27)13-29/h4-10,18,20,30-31H,11-13H2,1-3H3,(H,28,32). The molecule has 6 nitrogen and oxygen atoms in total. The molecule has 0 radical (unpaired) electrons. The summed E-state index contributed by atoms with van der Waals surface area (Å²) in [4.78, 5) is 26.7. The molecule has 2 unspecified atom stereocenters. The molecule has 1 fully saturated rings. The Balaban J connectivity index is 1.87. The first-order valence-electron chi connectivity index (χ1n) is 10.5. The number of alkyl halides is 2. The normalized spacial score (nSPS) is 18.6. The minimum atomic E-state index is -3.14. The van der Waals surface area contributed by atoms with Crippen LogP contribution in [-0.2, 0) is 11.2 Å². The largest absolute Gasteiger partial charge is 0.508 e. The van der Waals surface area contributed by atoms with E-state index in [0.29, 0.717) is 11.1 Å². The fraction of sp³-hybridized carbons (Fsp3) is 0.417. The molecule has 2 amide bonds. The molecular weight excluding hydrogens is 437 g/mol. The molecule has 2 atom stereocenters. The number of amides is 2. The van der Waals surface area contributed by atoms with Crippen LogP contribution in [0.4, 0.5) is 13.2 Å². The maximum atomic E-state index is 14.3. The molecule has 1 aliphatic heterocycles. The third-order valence-corrected chi connectivity index (χ3v) is 6.12. The van der Waals surface area contributed by atoms with Crippen LogP contribution in [0.2, 0.25) is 0 Å². The first kappa shape index (κ1) is 24.6. The summed E-state index contributed by atoms with van der Waals surface area (Å²) in [7, 11) is 0. The summed E-state index contributed by atoms with van der Waals surface area (Å²) in [5.74, 6) is -5.41. The lowest BCUT2D eigenvalue weighted by molar-refractivity contribution is -0.142. The van der Waals surface area contributed by atoms with Crippen molar-refractivity contribution in [2.75, 3.05) is 13.1 Å². The fourth-order valence-electron chi connectivity index (χ4n) is 3.89. The van der Waals surface area contributed by atoms with Crippen LogP contribution < -0.4 is 5.32 Å². The molecule has 1 heterocycles. The summed E-state index contributed by atoms with van der Waals surface area (Å²) in [6.07, 6.45) is -1.97. The van der Waals surface area contributed by atoms with E-state index < -0.39 is 47.7 Å². The molecule has 0 saturated carbocycles. The summed E-state index contributed by atoms with van der Waals surface area (Å²) in [6.45, 7) is 3.10. The van der Waals surface area contributed by atoms with Crippen molar-refractivity contribution in [3.05, 3.63) is 65.0 Å². The average molecular weight is 464 g/mol. The highest BCUT2D eigenvalue weighted by atomic mass is 19.3. The van der Waals surface area contributed by atoms with Crippen LogP contribution in [0, 0.1) is 18.2 Å². The highest BCUT2D eigenvalue weighted by molar-refractivity contribution is 5.97. The number of likely N-dealkylation sites (tertiary alicyclic amines) is 1. The van der Waals surface area contributed by atoms with Crippen molar-refractivity contribution in [3.8, 4) is 5.75 Å². The van der Waals surface area contributed by atoms with E-state index in [4.69, 9.17) is 0 Å². The van der Waals surface area contributed by atoms with Gasteiger partial charge >= 0.3 is 0 Å². The molecule has 9 heteroatoms. The zero-order valence-electron chi connectivity index (χ0n) is 18.6. The number of rotatable bonds is 6. The van der Waals surface area contributed by atoms with Gasteiger partial charge in [-0.05, 0) is 43.2 Å². The van der Waals surface area contributed by atoms with Gasteiger partial charge in [0.25, 0.3) is 17.7 Å². The Hall–Kier alpha value is -3.07. The number of aliphatic hydroxyl groups is 1. The molecule has 2 aromatic carbocycles. The van der Waals surface area contributed by atoms with Crippen molar-refractivity contribution < 1.29 is 33.0 Å². The molecule has 0 bridgehead atoms. The van der Waals surface area contributed by atoms with Gasteiger partial charge in [-0.1, -0.05) is 32.0 Å². The van der Waals surface area contributed by atoms with Gasteiger partial charge in [-0.15, -0.1) is 0 Å². The molecule has 178 valence electrons. The maximum absolute atomic E-state index is 14.3. The minimum absolute atomic E-state index is 0.109. The van der Waals surface area contributed by atoms with E-state index in [1.165, 1.54) is 57.2 Å². The van der Waals surface area contributed by atoms with Gasteiger partial charge in [-0.2, -0.15) is 0 Å². The van der Waals surface area contributed by atoms with Crippen molar-refractivity contribution >= 4 is 11.8 Å². The molecule has 0 spiro atoms. The number of nitrogens with one attached hydrogen (secondary N) is 1. The van der Waals surface area contributed by atoms with Crippen LogP contribution in [-0.4, -0.2) is 58.1 Å². The second kappa shape index (κ2) is 9.05. The van der Waals surface area contributed by atoms with Crippen molar-refractivity contribution in [2.45, 2.75) is 45.3 Å². The predicted octanol–water partition coefficient (Wildman–Crippen LogP) is 3.05. The topological polar surface area (TPSA) is 89.9 Å². The lowest BCUT2D eigenvalue weighted by Gasteiger charge is -2.28. The lowest BCUT2D eigenvalue weighted by Crippen LogP contribution is -2.52. The first-order valence-corrected chi connectivity index (χ1v) is 10.5. The van der Waals surface area contributed by atoms with Crippen LogP contribution in [0.25, 0.3) is 0 Å². The van der Waals surface area contributed by atoms with E-state index in [-0.39, 0.29) is 24.3 Å². The second-order valence-corrected chi connectivity index (χ2v) is 9.09. The molecule has 0 aliphatic carbocycles. The minimum Gasteiger partial charge on any atom is -0.508 e. The van der Waals surface area contributed by atoms with Crippen molar-refractivity contribution in [2.24, 2.45) is 5.41 Å². The van der Waals surface area contributed by atoms with Crippen molar-refractivity contribution in [1.82, 2.24) is 10.2 Å². The fourth-order valence-corrected chi connectivity index (χ4v) is 3.89. The molecule has 0 aromatic heterocycles. The number of nitrogens with zero attached hydrogens (tertiary/aromatic N) is 1. The van der Waals surface area contributed by atoms with Gasteiger partial charge in [-0.25, -0.2) is 13.2 Å². The Morgan fingerprint density at radius 3 is 2.42 bits per heavy atom. The summed E-state index contributed by atoms with van der Waals surface area (Å²) < 4.78 is 42.3. The zero-order chi connectivity index (χ0) is 24.6. The third-order valence-electron chi connectivity index (χ3n) is 6.12. The van der Waals surface area contributed by atoms with Gasteiger partial charge in [0.15, 0.2) is 6.10 Å². The molecule has 2 aromatic rings. The van der Waals surface area contributed by atoms with E-state index in [0.717, 1.165) is 4.90 Å². The number of aliphatic hydroxyl groups excluding tert-OH is 1. The number of benzene rings is 2. The maximum Gasteiger partial charge on any atom is 0.271 e. The summed E-state index contributed by atoms with van der Waals surface area (Å²) in [6, 6.07) is 8.53. The van der Waals surface area contributed by atoms with Gasteiger partial charge < -0.3 is 20.4 Å². The van der Waals surface area contributed by atoms with Crippen LogP contribution in [0.3, 0.4) is 0 Å². The smallest absolute Gasteiger partial charge is 0.271 e. The monoisotopic (exact) mass is 464 g/mol. The van der Waals surface area contributed by atoms with Crippen molar-refractivity contribution in [1.29, 1.82) is 0 Å². The van der Waals surface area contributed by atoms with Crippen molar-refractivity contribution in [3.63, 3.8) is 0 Å². The van der Waals surface area contributed by atoms with Gasteiger partial charge in [0.2, 0.25) is 0 Å². The summed E-state index contributed by atoms with van der Waals surface area (Å²) >= 11 is 0. The average Bonchev–Trinajstić information content (AvgIpc) is 2.95. The Kier molecular flexibility index (Phi) is 6.74. The predicted molar refractivity (Wildman–Crippen MR) is 116 cm³/mol. The molecule has 33 heavy (non-hydrogen) atoms. The third kappa shape index (κ3) is 5.13. The Labute approximate surface area is 190 Å². The number of carbonyl (C=O) groups is 2. The first-order chi connectivity index (χ1) is 15.3. The quantitative estimate of drug-likeness (QED) is 0.613. The SMILES string of the molecule is Cc1c(O)cccc1C(=O)NC(Cc1cccc(F)c1)C(O)C(=O)N1CC(C)(C)C(F)(F)C1. The van der Waals surface area contributed by atoms with Crippen LogP contribution >= 0.6 is 0 Å². The van der Waals surface area contributed by atoms with E-state index in [2.05, 4.69) is 5.32 Å². The lowest BCUT2D eigenvalue weighted by atomic mass is 9.89. The van der Waals surface area contributed by atoms with Crippen LogP contribution in [0.5, 0.6) is 5.75 Å². The number of carbonyl (C=O) groups excluding carboxylic acids is 2. The summed E-state index contributed by atoms with van der Waals surface area (Å²) in [5.41, 5.74) is -0.664. The van der Waals surface area contributed by atoms with E-state index in [9.17, 15) is 33.0 Å². The number of aromatic hydroxyl groups is 1. The van der Waals surface area contributed by atoms with Crippen LogP contribution in [0.15, 0.2) is 42.5 Å². The highest BCUT2D eigenvalue weighted by Gasteiger charge is 2.56. The molecule has 3 N–H and O–H groups in total. The zero-order valence-corrected chi connectivity index (χ0v) is 18.6. The van der Waals surface area contributed by atoms with Gasteiger partial charge in [0.05, 0.1) is 12.6 Å². The number of hydrogen-bond donors (Lipinski definition) is 3. The van der Waals surface area contributed by atoms with E-state index in [1.54, 1.807) is 6.07 Å². The summed E-state index contributed by atoms with van der Waals surface area (Å²) in [5, 5.41) is 23.3. The van der Waals surface area contributed by atoms with Gasteiger partial charge in [-0.3, -0.25) is 9.59 Å². The number of phenolic OH excluding ortho intramolecular Hbond substituents is 1. The van der Waals surface area contributed by atoms with E-state index in [1.807, 2.05) is 0 Å². The Bertz CT molecular complexity index is 1040.